The van der Waals surface area contributed by atoms with Crippen LogP contribution >= 0.6 is 0 Å². The van der Waals surface area contributed by atoms with E-state index in [-0.39, 0.29) is 30.6 Å². The maximum absolute atomic E-state index is 13.6. The summed E-state index contributed by atoms with van der Waals surface area (Å²) < 4.78 is 45.9. The predicted molar refractivity (Wildman–Crippen MR) is 118 cm³/mol. The molecule has 3 amide bonds. The number of ketones is 1. The minimum absolute atomic E-state index is 0.0280. The first kappa shape index (κ1) is 25.7. The molecule has 0 aromatic heterocycles. The van der Waals surface area contributed by atoms with Crippen molar-refractivity contribution >= 4 is 23.5 Å². The Morgan fingerprint density at radius 3 is 2.43 bits per heavy atom. The quantitative estimate of drug-likeness (QED) is 0.520. The van der Waals surface area contributed by atoms with E-state index >= 15 is 0 Å². The number of benzene rings is 2. The van der Waals surface area contributed by atoms with E-state index in [4.69, 9.17) is 10.5 Å². The normalized spacial score (nSPS) is 16.6. The molecule has 1 fully saturated rings. The number of alkyl halides is 3. The lowest BCUT2D eigenvalue weighted by Crippen LogP contribution is -2.53. The average Bonchev–Trinajstić information content (AvgIpc) is 3.18. The molecule has 0 bridgehead atoms. The van der Waals surface area contributed by atoms with E-state index in [1.54, 1.807) is 30.3 Å². The zero-order valence-corrected chi connectivity index (χ0v) is 18.8. The van der Waals surface area contributed by atoms with Crippen molar-refractivity contribution < 1.29 is 37.1 Å². The molecular formula is C24H24F3N3O5. The Labute approximate surface area is 199 Å². The average molecular weight is 491 g/mol. The first-order chi connectivity index (χ1) is 16.5. The van der Waals surface area contributed by atoms with Crippen molar-refractivity contribution in [3.05, 3.63) is 65.2 Å². The first-order valence-corrected chi connectivity index (χ1v) is 10.7. The number of nitrogens with zero attached hydrogens (tertiary/aromatic N) is 1. The number of nitrogens with one attached hydrogen (secondary N) is 1. The van der Waals surface area contributed by atoms with E-state index in [0.29, 0.717) is 5.56 Å². The Bertz CT molecular complexity index is 1120. The van der Waals surface area contributed by atoms with Gasteiger partial charge in [-0.25, -0.2) is 0 Å². The van der Waals surface area contributed by atoms with Crippen molar-refractivity contribution in [3.63, 3.8) is 0 Å². The lowest BCUT2D eigenvalue weighted by atomic mass is 10.0. The van der Waals surface area contributed by atoms with Crippen LogP contribution in [0.15, 0.2) is 48.5 Å². The highest BCUT2D eigenvalue weighted by molar-refractivity contribution is 6.38. The van der Waals surface area contributed by atoms with Crippen molar-refractivity contribution in [1.29, 1.82) is 0 Å². The summed E-state index contributed by atoms with van der Waals surface area (Å²) in [5.41, 5.74) is 4.51. The Hall–Kier alpha value is -3.89. The summed E-state index contributed by atoms with van der Waals surface area (Å²) in [4.78, 5) is 50.6. The standard InChI is InChI=1S/C24H24F3N3O5/c1-35-19-9-5-8-16(24(25,26)27)15(19)13-30-18(10-11-20(30)31)23(34)29-17(21(32)22(28)33)12-14-6-3-2-4-7-14/h2-9,17-18H,10-13H2,1H3,(H2,28,33)(H,29,34)/t17?,18-/m1/s1. The number of hydrogen-bond acceptors (Lipinski definition) is 5. The van der Waals surface area contributed by atoms with Crippen LogP contribution in [-0.2, 0) is 38.3 Å². The zero-order valence-electron chi connectivity index (χ0n) is 18.8. The minimum atomic E-state index is -4.71. The van der Waals surface area contributed by atoms with Crippen molar-refractivity contribution in [2.45, 2.75) is 44.1 Å². The topological polar surface area (TPSA) is 119 Å². The minimum Gasteiger partial charge on any atom is -0.496 e. The molecule has 1 heterocycles. The van der Waals surface area contributed by atoms with Crippen LogP contribution in [0.2, 0.25) is 0 Å². The van der Waals surface area contributed by atoms with Gasteiger partial charge in [0.2, 0.25) is 17.6 Å². The Morgan fingerprint density at radius 1 is 1.14 bits per heavy atom. The van der Waals surface area contributed by atoms with Gasteiger partial charge in [-0.1, -0.05) is 36.4 Å². The molecule has 11 heteroatoms. The Kier molecular flexibility index (Phi) is 7.78. The van der Waals surface area contributed by atoms with Crippen molar-refractivity contribution in [2.24, 2.45) is 5.73 Å². The lowest BCUT2D eigenvalue weighted by Gasteiger charge is -2.28. The number of carbonyl (C=O) groups excluding carboxylic acids is 4. The van der Waals surface area contributed by atoms with Gasteiger partial charge in [0.15, 0.2) is 0 Å². The molecule has 1 aliphatic heterocycles. The van der Waals surface area contributed by atoms with Gasteiger partial charge in [-0.05, 0) is 24.1 Å². The maximum Gasteiger partial charge on any atom is 0.416 e. The molecular weight excluding hydrogens is 467 g/mol. The third-order valence-corrected chi connectivity index (χ3v) is 5.78. The van der Waals surface area contributed by atoms with Gasteiger partial charge < -0.3 is 20.7 Å². The van der Waals surface area contributed by atoms with E-state index in [9.17, 15) is 32.3 Å². The Morgan fingerprint density at radius 2 is 1.83 bits per heavy atom. The van der Waals surface area contributed by atoms with Crippen molar-refractivity contribution in [3.8, 4) is 5.75 Å². The molecule has 1 aliphatic rings. The number of likely N-dealkylation sites (tertiary alicyclic amines) is 1. The van der Waals surface area contributed by atoms with Gasteiger partial charge in [0.05, 0.1) is 19.2 Å². The molecule has 3 N–H and O–H groups in total. The van der Waals surface area contributed by atoms with Gasteiger partial charge in [0.25, 0.3) is 5.91 Å². The van der Waals surface area contributed by atoms with E-state index < -0.39 is 53.9 Å². The van der Waals surface area contributed by atoms with Gasteiger partial charge in [-0.15, -0.1) is 0 Å². The van der Waals surface area contributed by atoms with Gasteiger partial charge in [-0.3, -0.25) is 19.2 Å². The highest BCUT2D eigenvalue weighted by Crippen LogP contribution is 2.37. The number of Topliss-reactive ketones (excluding diaryl/α,β-unsaturated/α-hetero) is 1. The van der Waals surface area contributed by atoms with Crippen molar-refractivity contribution in [1.82, 2.24) is 10.2 Å². The third-order valence-electron chi connectivity index (χ3n) is 5.78. The number of hydrogen-bond donors (Lipinski definition) is 2. The Balaban J connectivity index is 1.86. The fourth-order valence-electron chi connectivity index (χ4n) is 4.06. The van der Waals surface area contributed by atoms with E-state index in [1.807, 2.05) is 0 Å². The number of primary amides is 1. The molecule has 35 heavy (non-hydrogen) atoms. The molecule has 0 radical (unpaired) electrons. The van der Waals surface area contributed by atoms with Gasteiger partial charge in [0, 0.05) is 18.4 Å². The number of halogens is 3. The molecule has 2 atom stereocenters. The summed E-state index contributed by atoms with van der Waals surface area (Å²) >= 11 is 0. The molecule has 0 spiro atoms. The van der Waals surface area contributed by atoms with Crippen LogP contribution in [0.25, 0.3) is 0 Å². The second kappa shape index (κ2) is 10.6. The number of amides is 3. The molecule has 1 saturated heterocycles. The van der Waals surface area contributed by atoms with Gasteiger partial charge in [0.1, 0.15) is 17.8 Å². The summed E-state index contributed by atoms with van der Waals surface area (Å²) in [7, 11) is 1.21. The maximum atomic E-state index is 13.6. The summed E-state index contributed by atoms with van der Waals surface area (Å²) in [6, 6.07) is 9.52. The smallest absolute Gasteiger partial charge is 0.416 e. The van der Waals surface area contributed by atoms with Crippen LogP contribution in [0.1, 0.15) is 29.5 Å². The van der Waals surface area contributed by atoms with Crippen LogP contribution < -0.4 is 15.8 Å². The fraction of sp³-hybridized carbons (Fsp3) is 0.333. The number of methoxy groups -OCH3 is 1. The summed E-state index contributed by atoms with van der Waals surface area (Å²) in [6.45, 7) is -0.525. The molecule has 0 aliphatic carbocycles. The van der Waals surface area contributed by atoms with E-state index in [2.05, 4.69) is 5.32 Å². The number of ether oxygens (including phenoxy) is 1. The van der Waals surface area contributed by atoms with Crippen molar-refractivity contribution in [2.75, 3.05) is 7.11 Å². The molecule has 3 rings (SSSR count). The highest BCUT2D eigenvalue weighted by Gasteiger charge is 2.41. The van der Waals surface area contributed by atoms with E-state index in [0.717, 1.165) is 11.0 Å². The monoisotopic (exact) mass is 491 g/mol. The molecule has 1 unspecified atom stereocenters. The van der Waals surface area contributed by atoms with Crippen LogP contribution in [0.4, 0.5) is 13.2 Å². The second-order valence-electron chi connectivity index (χ2n) is 8.04. The fourth-order valence-corrected chi connectivity index (χ4v) is 4.06. The highest BCUT2D eigenvalue weighted by atomic mass is 19.4. The first-order valence-electron chi connectivity index (χ1n) is 10.7. The summed E-state index contributed by atoms with van der Waals surface area (Å²) in [5.74, 6) is -3.64. The molecule has 8 nitrogen and oxygen atoms in total. The molecule has 2 aromatic carbocycles. The number of nitrogens with two attached hydrogens (primary N) is 1. The van der Waals surface area contributed by atoms with Crippen LogP contribution in [0.3, 0.4) is 0 Å². The third kappa shape index (κ3) is 5.97. The SMILES string of the molecule is COc1cccc(C(F)(F)F)c1CN1C(=O)CC[C@@H]1C(=O)NC(Cc1ccccc1)C(=O)C(N)=O. The predicted octanol–water partition coefficient (Wildman–Crippen LogP) is 1.99. The van der Waals surface area contributed by atoms with Crippen LogP contribution in [-0.4, -0.2) is 47.6 Å². The summed E-state index contributed by atoms with van der Waals surface area (Å²) in [5, 5.41) is 2.46. The van der Waals surface area contributed by atoms with Gasteiger partial charge >= 0.3 is 6.18 Å². The number of carbonyl (C=O) groups is 4. The zero-order chi connectivity index (χ0) is 25.8. The van der Waals surface area contributed by atoms with Crippen LogP contribution in [0, 0.1) is 0 Å². The van der Waals surface area contributed by atoms with E-state index in [1.165, 1.54) is 19.2 Å². The van der Waals surface area contributed by atoms with Crippen LogP contribution in [0.5, 0.6) is 5.75 Å². The second-order valence-corrected chi connectivity index (χ2v) is 8.04. The number of rotatable bonds is 9. The molecule has 186 valence electrons. The summed E-state index contributed by atoms with van der Waals surface area (Å²) in [6.07, 6.45) is -4.77. The largest absolute Gasteiger partial charge is 0.496 e. The lowest BCUT2D eigenvalue weighted by molar-refractivity contribution is -0.141. The molecule has 0 saturated carbocycles. The van der Waals surface area contributed by atoms with Gasteiger partial charge in [-0.2, -0.15) is 13.2 Å². The molecule has 2 aromatic rings.